The largest absolute Gasteiger partial charge is 0.505 e. The Morgan fingerprint density at radius 1 is 0.909 bits per heavy atom. The van der Waals surface area contributed by atoms with Gasteiger partial charge in [0.15, 0.2) is 11.5 Å². The van der Waals surface area contributed by atoms with Crippen LogP contribution in [0.1, 0.15) is 76.9 Å². The molecule has 1 aromatic rings. The number of phenols is 1. The first-order valence-corrected chi connectivity index (χ1v) is 17.8. The molecule has 0 fully saturated rings. The van der Waals surface area contributed by atoms with Gasteiger partial charge in [-0.15, -0.1) is 0 Å². The van der Waals surface area contributed by atoms with Crippen LogP contribution in [0.4, 0.5) is 5.69 Å². The Kier molecular flexibility index (Phi) is 12.9. The maximum absolute atomic E-state index is 14.0. The Balaban J connectivity index is 2.07. The van der Waals surface area contributed by atoms with E-state index in [9.17, 15) is 49.8 Å². The lowest BCUT2D eigenvalue weighted by Crippen LogP contribution is -2.53. The molecule has 3 aliphatic heterocycles. The molecule has 0 aromatic heterocycles. The molecule has 15 heteroatoms. The standard InChI is InChI=1S/C40H51NO14/c1-16-12-11-13-17(2)38(49)41-28-19(4)36(55-23(8)42)24-25(33(28)47)31(45)21(6)35-26(24)34(53-15-54-35)18(3)14-40(9,51)37(48)22(7)32(46)27(39(50)52-10)30(44)20(5)29(16)43/h11-14,16,20,22,27,29-30,32,37,43-44,46-48,51H,15H2,1-10H3,(H,41,49)/b12-11?,17-13+,18-14?. The summed E-state index contributed by atoms with van der Waals surface area (Å²) < 4.78 is 22.3. The van der Waals surface area contributed by atoms with Crippen molar-refractivity contribution < 1.29 is 68.8 Å². The van der Waals surface area contributed by atoms with Gasteiger partial charge in [0.25, 0.3) is 5.91 Å². The molecule has 5 rings (SSSR count). The van der Waals surface area contributed by atoms with Crippen molar-refractivity contribution in [2.24, 2.45) is 23.7 Å². The molecule has 3 heterocycles. The maximum Gasteiger partial charge on any atom is 0.313 e. The number of carbonyl (C=O) groups is 4. The number of ketones is 1. The van der Waals surface area contributed by atoms with Crippen molar-refractivity contribution in [3.63, 3.8) is 0 Å². The van der Waals surface area contributed by atoms with Crippen molar-refractivity contribution >= 4 is 34.9 Å². The van der Waals surface area contributed by atoms with E-state index in [4.69, 9.17) is 18.9 Å². The number of aromatic hydroxyl groups is 1. The summed E-state index contributed by atoms with van der Waals surface area (Å²) in [6, 6.07) is 0. The van der Waals surface area contributed by atoms with Gasteiger partial charge in [0, 0.05) is 47.0 Å². The molecule has 9 unspecified atom stereocenters. The van der Waals surface area contributed by atoms with E-state index in [1.54, 1.807) is 13.0 Å². The van der Waals surface area contributed by atoms with Gasteiger partial charge in [0.2, 0.25) is 6.79 Å². The highest BCUT2D eigenvalue weighted by molar-refractivity contribution is 6.21. The summed E-state index contributed by atoms with van der Waals surface area (Å²) >= 11 is 0. The van der Waals surface area contributed by atoms with Crippen molar-refractivity contribution in [3.8, 4) is 11.5 Å². The zero-order valence-corrected chi connectivity index (χ0v) is 32.6. The number of phenolic OH excluding ortho intramolecular Hbond substituents is 1. The molecule has 4 bridgehead atoms. The van der Waals surface area contributed by atoms with E-state index in [1.807, 2.05) is 0 Å². The number of benzene rings is 1. The summed E-state index contributed by atoms with van der Waals surface area (Å²) in [6.45, 7) is 12.3. The Morgan fingerprint density at radius 3 is 2.11 bits per heavy atom. The summed E-state index contributed by atoms with van der Waals surface area (Å²) in [6.07, 6.45) is -0.878. The number of carbonyl (C=O) groups excluding carboxylic acids is 4. The van der Waals surface area contributed by atoms with Crippen molar-refractivity contribution in [2.45, 2.75) is 92.3 Å². The smallest absolute Gasteiger partial charge is 0.313 e. The first-order chi connectivity index (χ1) is 25.6. The van der Waals surface area contributed by atoms with Gasteiger partial charge in [-0.25, -0.2) is 0 Å². The molecule has 0 radical (unpaired) electrons. The molecule has 1 aromatic carbocycles. The minimum Gasteiger partial charge on any atom is -0.505 e. The van der Waals surface area contributed by atoms with Crippen LogP contribution < -0.4 is 10.1 Å². The second-order valence-electron chi connectivity index (χ2n) is 14.7. The highest BCUT2D eigenvalue weighted by Crippen LogP contribution is 2.53. The number of hydrogen-bond donors (Lipinski definition) is 7. The third-order valence-electron chi connectivity index (χ3n) is 10.6. The van der Waals surface area contributed by atoms with E-state index in [1.165, 1.54) is 66.7 Å². The van der Waals surface area contributed by atoms with Gasteiger partial charge in [0.1, 0.15) is 28.8 Å². The fraction of sp³-hybridized carbons (Fsp3) is 0.500. The van der Waals surface area contributed by atoms with Crippen LogP contribution in [-0.2, 0) is 28.6 Å². The van der Waals surface area contributed by atoms with Crippen LogP contribution in [-0.4, -0.2) is 98.2 Å². The number of esters is 2. The Bertz CT molecular complexity index is 1920. The zero-order valence-electron chi connectivity index (χ0n) is 32.6. The summed E-state index contributed by atoms with van der Waals surface area (Å²) in [7, 11) is 1.06. The second kappa shape index (κ2) is 16.5. The Hall–Kier alpha value is -4.80. The number of fused-ring (bicyclic) bond motifs is 14. The molecule has 0 saturated carbocycles. The Morgan fingerprint density at radius 2 is 1.51 bits per heavy atom. The van der Waals surface area contributed by atoms with Crippen LogP contribution in [0.5, 0.6) is 11.5 Å². The van der Waals surface area contributed by atoms with Gasteiger partial charge < -0.3 is 54.9 Å². The fourth-order valence-electron chi connectivity index (χ4n) is 7.28. The molecular weight excluding hydrogens is 718 g/mol. The molecule has 1 aliphatic carbocycles. The first-order valence-electron chi connectivity index (χ1n) is 17.8. The zero-order chi connectivity index (χ0) is 41.4. The van der Waals surface area contributed by atoms with Crippen LogP contribution in [0.2, 0.25) is 0 Å². The van der Waals surface area contributed by atoms with Gasteiger partial charge in [-0.05, 0) is 46.3 Å². The van der Waals surface area contributed by atoms with E-state index >= 15 is 0 Å². The van der Waals surface area contributed by atoms with E-state index in [2.05, 4.69) is 5.32 Å². The predicted molar refractivity (Wildman–Crippen MR) is 198 cm³/mol. The molecule has 300 valence electrons. The van der Waals surface area contributed by atoms with Crippen LogP contribution in [0.3, 0.4) is 0 Å². The quantitative estimate of drug-likeness (QED) is 0.130. The monoisotopic (exact) mass is 769 g/mol. The second-order valence-corrected chi connectivity index (χ2v) is 14.7. The lowest BCUT2D eigenvalue weighted by Gasteiger charge is -2.39. The molecule has 15 nitrogen and oxygen atoms in total. The van der Waals surface area contributed by atoms with Crippen molar-refractivity contribution in [3.05, 3.63) is 69.2 Å². The molecule has 55 heavy (non-hydrogen) atoms. The molecule has 0 saturated heterocycles. The van der Waals surface area contributed by atoms with Gasteiger partial charge in [-0.3, -0.25) is 19.2 Å². The van der Waals surface area contributed by atoms with Crippen LogP contribution in [0.25, 0.3) is 5.57 Å². The number of nitrogens with one attached hydrogen (secondary N) is 1. The van der Waals surface area contributed by atoms with E-state index in [0.717, 1.165) is 14.0 Å². The number of Topliss-reactive ketones (excluding diaryl/α,β-unsaturated/α-hetero) is 1. The molecule has 1 amide bonds. The number of anilines is 1. The van der Waals surface area contributed by atoms with E-state index in [0.29, 0.717) is 0 Å². The van der Waals surface area contributed by atoms with Crippen molar-refractivity contribution in [1.82, 2.24) is 0 Å². The van der Waals surface area contributed by atoms with Crippen molar-refractivity contribution in [2.75, 3.05) is 19.2 Å². The summed E-state index contributed by atoms with van der Waals surface area (Å²) in [5.41, 5.74) is -2.34. The molecule has 9 atom stereocenters. The lowest BCUT2D eigenvalue weighted by molar-refractivity contribution is -0.168. The number of hydrogen-bond acceptors (Lipinski definition) is 14. The summed E-state index contributed by atoms with van der Waals surface area (Å²) in [5.74, 6) is -8.68. The highest BCUT2D eigenvalue weighted by Gasteiger charge is 2.47. The number of aliphatic hydroxyl groups excluding tert-OH is 4. The lowest BCUT2D eigenvalue weighted by atomic mass is 9.75. The van der Waals surface area contributed by atoms with Crippen LogP contribution in [0.15, 0.2) is 52.5 Å². The fourth-order valence-corrected chi connectivity index (χ4v) is 7.28. The SMILES string of the molecule is COC(=O)C1C(O)C(C)C(O)C(C)C=C/C=C(\C)C(=O)Nc2c(C)c(OC(C)=O)c3c(c2O)C(=O)C(C)=C2OCOC(=C23)C(C)=CC(C)(O)C(O)C(C)C1O. The number of ether oxygens (including phenoxy) is 4. The number of aliphatic hydroxyl groups is 5. The van der Waals surface area contributed by atoms with E-state index < -0.39 is 89.9 Å². The van der Waals surface area contributed by atoms with Crippen LogP contribution >= 0.6 is 0 Å². The number of methoxy groups -OCH3 is 1. The summed E-state index contributed by atoms with van der Waals surface area (Å²) in [4.78, 5) is 53.0. The van der Waals surface area contributed by atoms with Gasteiger partial charge in [-0.1, -0.05) is 39.0 Å². The van der Waals surface area contributed by atoms with Crippen LogP contribution in [0, 0.1) is 30.6 Å². The minimum atomic E-state index is -2.17. The summed E-state index contributed by atoms with van der Waals surface area (Å²) in [5, 5.41) is 71.8. The topological polar surface area (TPSA) is 239 Å². The average Bonchev–Trinajstić information content (AvgIpc) is 3.13. The molecular formula is C40H51NO14. The third kappa shape index (κ3) is 8.12. The number of amides is 1. The number of rotatable bonds is 2. The molecule has 7 N–H and O–H groups in total. The Labute approximate surface area is 319 Å². The molecule has 0 spiro atoms. The van der Waals surface area contributed by atoms with E-state index in [-0.39, 0.29) is 61.9 Å². The van der Waals surface area contributed by atoms with Gasteiger partial charge in [-0.2, -0.15) is 0 Å². The predicted octanol–water partition coefficient (Wildman–Crippen LogP) is 3.10. The normalized spacial score (nSPS) is 31.8. The van der Waals surface area contributed by atoms with Gasteiger partial charge >= 0.3 is 11.9 Å². The highest BCUT2D eigenvalue weighted by atomic mass is 16.7. The van der Waals surface area contributed by atoms with Crippen molar-refractivity contribution in [1.29, 1.82) is 0 Å². The minimum absolute atomic E-state index is 0.00256. The average molecular weight is 770 g/mol. The van der Waals surface area contributed by atoms with Gasteiger partial charge in [0.05, 0.1) is 48.3 Å². The molecule has 4 aliphatic rings. The number of allylic oxidation sites excluding steroid dienone is 5. The first kappa shape index (κ1) is 42.9. The third-order valence-corrected chi connectivity index (χ3v) is 10.6. The maximum atomic E-state index is 14.0.